The Morgan fingerprint density at radius 3 is 2.67 bits per heavy atom. The van der Waals surface area contributed by atoms with Crippen LogP contribution in [0.5, 0.6) is 0 Å². The standard InChI is InChI=1S/C13H24N2O3/c1-4-7-14-10(16)9-15-8-5-6-13(2,3)11(15)12(17)18/h11H,4-9H2,1-3H3,(H,14,16)(H,17,18). The molecule has 104 valence electrons. The second kappa shape index (κ2) is 6.18. The number of aliphatic carboxylic acids is 1. The molecule has 0 bridgehead atoms. The first-order valence-corrected chi connectivity index (χ1v) is 6.62. The molecule has 5 nitrogen and oxygen atoms in total. The van der Waals surface area contributed by atoms with Crippen LogP contribution >= 0.6 is 0 Å². The van der Waals surface area contributed by atoms with Crippen molar-refractivity contribution in [3.8, 4) is 0 Å². The number of carbonyl (C=O) groups is 2. The van der Waals surface area contributed by atoms with E-state index in [1.807, 2.05) is 20.8 Å². The summed E-state index contributed by atoms with van der Waals surface area (Å²) in [6.07, 6.45) is 2.72. The molecule has 0 aromatic rings. The molecule has 0 saturated carbocycles. The van der Waals surface area contributed by atoms with Gasteiger partial charge in [0.2, 0.25) is 5.91 Å². The Kier molecular flexibility index (Phi) is 5.14. The van der Waals surface area contributed by atoms with Gasteiger partial charge in [-0.3, -0.25) is 14.5 Å². The number of amides is 1. The molecule has 1 aliphatic heterocycles. The lowest BCUT2D eigenvalue weighted by Gasteiger charge is -2.43. The first-order chi connectivity index (χ1) is 8.38. The SMILES string of the molecule is CCCNC(=O)CN1CCCC(C)(C)C1C(=O)O. The molecule has 1 fully saturated rings. The van der Waals surface area contributed by atoms with Crippen LogP contribution in [0.15, 0.2) is 0 Å². The molecule has 1 aliphatic rings. The second-order valence-electron chi connectivity index (χ2n) is 5.65. The molecule has 0 aliphatic carbocycles. The molecule has 0 spiro atoms. The largest absolute Gasteiger partial charge is 0.480 e. The minimum Gasteiger partial charge on any atom is -0.480 e. The average Bonchev–Trinajstić information content (AvgIpc) is 2.24. The molecule has 1 saturated heterocycles. The summed E-state index contributed by atoms with van der Waals surface area (Å²) in [4.78, 5) is 24.9. The smallest absolute Gasteiger partial charge is 0.321 e. The fraction of sp³-hybridized carbons (Fsp3) is 0.846. The maximum atomic E-state index is 11.7. The lowest BCUT2D eigenvalue weighted by Crippen LogP contribution is -2.56. The van der Waals surface area contributed by atoms with E-state index in [0.717, 1.165) is 19.3 Å². The van der Waals surface area contributed by atoms with Gasteiger partial charge in [-0.2, -0.15) is 0 Å². The minimum absolute atomic E-state index is 0.0826. The van der Waals surface area contributed by atoms with E-state index in [9.17, 15) is 14.7 Å². The van der Waals surface area contributed by atoms with Crippen LogP contribution in [-0.2, 0) is 9.59 Å². The van der Waals surface area contributed by atoms with E-state index in [2.05, 4.69) is 5.32 Å². The number of carbonyl (C=O) groups excluding carboxylic acids is 1. The van der Waals surface area contributed by atoms with Crippen molar-refractivity contribution in [1.29, 1.82) is 0 Å². The van der Waals surface area contributed by atoms with Crippen molar-refractivity contribution in [3.05, 3.63) is 0 Å². The summed E-state index contributed by atoms with van der Waals surface area (Å²) in [5.41, 5.74) is -0.283. The summed E-state index contributed by atoms with van der Waals surface area (Å²) < 4.78 is 0. The summed E-state index contributed by atoms with van der Waals surface area (Å²) in [7, 11) is 0. The number of nitrogens with zero attached hydrogens (tertiary/aromatic N) is 1. The van der Waals surface area contributed by atoms with Crippen LogP contribution in [0.3, 0.4) is 0 Å². The van der Waals surface area contributed by atoms with E-state index >= 15 is 0 Å². The van der Waals surface area contributed by atoms with Gasteiger partial charge in [0.15, 0.2) is 0 Å². The molecule has 18 heavy (non-hydrogen) atoms. The summed E-state index contributed by atoms with van der Waals surface area (Å²) >= 11 is 0. The number of hydrogen-bond acceptors (Lipinski definition) is 3. The Hall–Kier alpha value is -1.10. The van der Waals surface area contributed by atoms with Crippen molar-refractivity contribution >= 4 is 11.9 Å². The number of nitrogens with one attached hydrogen (secondary N) is 1. The summed E-state index contributed by atoms with van der Waals surface area (Å²) in [6.45, 7) is 7.42. The summed E-state index contributed by atoms with van der Waals surface area (Å²) in [5, 5.41) is 12.2. The third-order valence-electron chi connectivity index (χ3n) is 3.52. The van der Waals surface area contributed by atoms with Crippen LogP contribution in [0.2, 0.25) is 0 Å². The molecule has 0 aromatic carbocycles. The number of carboxylic acids is 1. The Morgan fingerprint density at radius 2 is 2.11 bits per heavy atom. The van der Waals surface area contributed by atoms with Crippen molar-refractivity contribution in [1.82, 2.24) is 10.2 Å². The molecule has 1 rings (SSSR count). The highest BCUT2D eigenvalue weighted by Gasteiger charge is 2.42. The summed E-state index contributed by atoms with van der Waals surface area (Å²) in [6, 6.07) is -0.571. The second-order valence-corrected chi connectivity index (χ2v) is 5.65. The zero-order valence-electron chi connectivity index (χ0n) is 11.5. The molecule has 1 atom stereocenters. The van der Waals surface area contributed by atoms with Crippen LogP contribution in [0.1, 0.15) is 40.0 Å². The Balaban J connectivity index is 2.67. The minimum atomic E-state index is -0.831. The lowest BCUT2D eigenvalue weighted by atomic mass is 9.76. The van der Waals surface area contributed by atoms with Gasteiger partial charge in [-0.1, -0.05) is 20.8 Å². The normalized spacial score (nSPS) is 23.6. The van der Waals surface area contributed by atoms with Crippen molar-refractivity contribution in [2.24, 2.45) is 5.41 Å². The van der Waals surface area contributed by atoms with Gasteiger partial charge in [-0.15, -0.1) is 0 Å². The highest BCUT2D eigenvalue weighted by Crippen LogP contribution is 2.35. The van der Waals surface area contributed by atoms with Gasteiger partial charge in [0, 0.05) is 6.54 Å². The van der Waals surface area contributed by atoms with Gasteiger partial charge in [0.1, 0.15) is 6.04 Å². The molecule has 1 unspecified atom stereocenters. The maximum absolute atomic E-state index is 11.7. The van der Waals surface area contributed by atoms with Gasteiger partial charge >= 0.3 is 5.97 Å². The number of likely N-dealkylation sites (tertiary alicyclic amines) is 1. The topological polar surface area (TPSA) is 69.6 Å². The number of hydrogen-bond donors (Lipinski definition) is 2. The van der Waals surface area contributed by atoms with E-state index in [0.29, 0.717) is 13.1 Å². The van der Waals surface area contributed by atoms with Crippen LogP contribution in [0, 0.1) is 5.41 Å². The van der Waals surface area contributed by atoms with Crippen LogP contribution < -0.4 is 5.32 Å². The molecule has 0 radical (unpaired) electrons. The number of piperidine rings is 1. The first-order valence-electron chi connectivity index (χ1n) is 6.62. The van der Waals surface area contributed by atoms with E-state index in [1.165, 1.54) is 0 Å². The van der Waals surface area contributed by atoms with Gasteiger partial charge in [-0.05, 0) is 31.2 Å². The van der Waals surface area contributed by atoms with Gasteiger partial charge in [0.25, 0.3) is 0 Å². The number of carboxylic acid groups (broad SMARTS) is 1. The third-order valence-corrected chi connectivity index (χ3v) is 3.52. The Morgan fingerprint density at radius 1 is 1.44 bits per heavy atom. The fourth-order valence-corrected chi connectivity index (χ4v) is 2.66. The molecule has 0 aromatic heterocycles. The summed E-state index contributed by atoms with van der Waals surface area (Å²) in [5.74, 6) is -0.913. The highest BCUT2D eigenvalue weighted by atomic mass is 16.4. The zero-order chi connectivity index (χ0) is 13.8. The molecule has 5 heteroatoms. The quantitative estimate of drug-likeness (QED) is 0.772. The Labute approximate surface area is 109 Å². The van der Waals surface area contributed by atoms with Crippen LogP contribution in [0.4, 0.5) is 0 Å². The zero-order valence-corrected chi connectivity index (χ0v) is 11.5. The first kappa shape index (κ1) is 15.0. The fourth-order valence-electron chi connectivity index (χ4n) is 2.66. The Bertz CT molecular complexity index is 315. The molecule has 2 N–H and O–H groups in total. The van der Waals surface area contributed by atoms with Crippen LogP contribution in [0.25, 0.3) is 0 Å². The highest BCUT2D eigenvalue weighted by molar-refractivity contribution is 5.80. The van der Waals surface area contributed by atoms with Gasteiger partial charge in [0.05, 0.1) is 6.54 Å². The predicted molar refractivity (Wildman–Crippen MR) is 69.3 cm³/mol. The molecular formula is C13H24N2O3. The maximum Gasteiger partial charge on any atom is 0.321 e. The van der Waals surface area contributed by atoms with Crippen molar-refractivity contribution in [3.63, 3.8) is 0 Å². The third kappa shape index (κ3) is 3.70. The monoisotopic (exact) mass is 256 g/mol. The lowest BCUT2D eigenvalue weighted by molar-refractivity contribution is -0.151. The van der Waals surface area contributed by atoms with E-state index in [1.54, 1.807) is 4.90 Å². The average molecular weight is 256 g/mol. The van der Waals surface area contributed by atoms with Gasteiger partial charge < -0.3 is 10.4 Å². The van der Waals surface area contributed by atoms with E-state index in [-0.39, 0.29) is 17.9 Å². The molecule has 1 heterocycles. The molecular weight excluding hydrogens is 232 g/mol. The number of rotatable bonds is 5. The van der Waals surface area contributed by atoms with Crippen molar-refractivity contribution < 1.29 is 14.7 Å². The van der Waals surface area contributed by atoms with Crippen molar-refractivity contribution in [2.75, 3.05) is 19.6 Å². The van der Waals surface area contributed by atoms with Crippen molar-refractivity contribution in [2.45, 2.75) is 46.1 Å². The predicted octanol–water partition coefficient (Wildman–Crippen LogP) is 1.09. The van der Waals surface area contributed by atoms with Gasteiger partial charge in [-0.25, -0.2) is 0 Å². The van der Waals surface area contributed by atoms with E-state index < -0.39 is 12.0 Å². The van der Waals surface area contributed by atoms with Crippen LogP contribution in [-0.4, -0.2) is 47.6 Å². The molecule has 1 amide bonds. The van der Waals surface area contributed by atoms with E-state index in [4.69, 9.17) is 0 Å².